The summed E-state index contributed by atoms with van der Waals surface area (Å²) in [5, 5.41) is 14.4. The lowest BCUT2D eigenvalue weighted by molar-refractivity contribution is -0.137. The second-order valence-electron chi connectivity index (χ2n) is 8.05. The number of carbonyl (C=O) groups is 1. The SMILES string of the molecule is Cc1n[nH]c(C)c1-c1cnn2c(-c3cccc(NC(=O)c4cccc(C(F)(F)F)c4)c3)ccnc12. The van der Waals surface area contributed by atoms with E-state index in [1.807, 2.05) is 19.9 Å². The van der Waals surface area contributed by atoms with Crippen molar-refractivity contribution in [2.24, 2.45) is 0 Å². The number of alkyl halides is 3. The summed E-state index contributed by atoms with van der Waals surface area (Å²) < 4.78 is 40.7. The van der Waals surface area contributed by atoms with Gasteiger partial charge in [0.1, 0.15) is 0 Å². The van der Waals surface area contributed by atoms with Gasteiger partial charge in [0.25, 0.3) is 5.91 Å². The van der Waals surface area contributed by atoms with Gasteiger partial charge in [0.15, 0.2) is 5.65 Å². The maximum absolute atomic E-state index is 13.0. The van der Waals surface area contributed by atoms with Crippen molar-refractivity contribution in [1.82, 2.24) is 24.8 Å². The molecule has 10 heteroatoms. The number of H-pyrrole nitrogens is 1. The number of anilines is 1. The number of hydrogen-bond donors (Lipinski definition) is 2. The number of halogens is 3. The summed E-state index contributed by atoms with van der Waals surface area (Å²) in [6, 6.07) is 13.1. The quantitative estimate of drug-likeness (QED) is 0.350. The molecule has 0 spiro atoms. The molecule has 0 unspecified atom stereocenters. The molecule has 0 aliphatic heterocycles. The molecular weight excluding hydrogens is 457 g/mol. The van der Waals surface area contributed by atoms with E-state index in [1.165, 1.54) is 12.1 Å². The number of amides is 1. The Morgan fingerprint density at radius 1 is 1.06 bits per heavy atom. The molecule has 0 aliphatic carbocycles. The number of aromatic nitrogens is 5. The molecule has 0 radical (unpaired) electrons. The van der Waals surface area contributed by atoms with Crippen molar-refractivity contribution in [2.45, 2.75) is 20.0 Å². The number of nitrogens with zero attached hydrogens (tertiary/aromatic N) is 4. The zero-order valence-corrected chi connectivity index (χ0v) is 18.7. The third-order valence-electron chi connectivity index (χ3n) is 5.67. The number of hydrogen-bond acceptors (Lipinski definition) is 4. The smallest absolute Gasteiger partial charge is 0.322 e. The van der Waals surface area contributed by atoms with Crippen molar-refractivity contribution < 1.29 is 18.0 Å². The molecule has 7 nitrogen and oxygen atoms in total. The van der Waals surface area contributed by atoms with Gasteiger partial charge in [-0.05, 0) is 50.2 Å². The average Bonchev–Trinajstić information content (AvgIpc) is 3.40. The number of aryl methyl sites for hydroxylation is 2. The van der Waals surface area contributed by atoms with Gasteiger partial charge in [-0.3, -0.25) is 9.89 Å². The first-order chi connectivity index (χ1) is 16.7. The summed E-state index contributed by atoms with van der Waals surface area (Å²) in [6.45, 7) is 3.84. The van der Waals surface area contributed by atoms with E-state index in [4.69, 9.17) is 0 Å². The normalized spacial score (nSPS) is 11.7. The zero-order valence-electron chi connectivity index (χ0n) is 18.7. The molecule has 2 aromatic carbocycles. The van der Waals surface area contributed by atoms with Gasteiger partial charge in [-0.2, -0.15) is 23.4 Å². The van der Waals surface area contributed by atoms with Crippen LogP contribution in [0.1, 0.15) is 27.3 Å². The Balaban J connectivity index is 1.48. The molecule has 0 saturated carbocycles. The first kappa shape index (κ1) is 22.3. The van der Waals surface area contributed by atoms with Crippen LogP contribution in [-0.2, 0) is 6.18 Å². The largest absolute Gasteiger partial charge is 0.416 e. The molecule has 0 fully saturated rings. The fraction of sp³-hybridized carbons (Fsp3) is 0.120. The van der Waals surface area contributed by atoms with E-state index >= 15 is 0 Å². The summed E-state index contributed by atoms with van der Waals surface area (Å²) in [5.41, 5.74) is 5.11. The number of fused-ring (bicyclic) bond motifs is 1. The van der Waals surface area contributed by atoms with Gasteiger partial charge < -0.3 is 5.32 Å². The molecule has 0 aliphatic rings. The van der Waals surface area contributed by atoms with Crippen molar-refractivity contribution >= 4 is 17.2 Å². The molecule has 5 rings (SSSR count). The van der Waals surface area contributed by atoms with Gasteiger partial charge in [-0.15, -0.1) is 0 Å². The van der Waals surface area contributed by atoms with Crippen LogP contribution in [0.2, 0.25) is 0 Å². The fourth-order valence-electron chi connectivity index (χ4n) is 4.03. The van der Waals surface area contributed by atoms with Crippen LogP contribution in [0.3, 0.4) is 0 Å². The molecule has 0 saturated heterocycles. The van der Waals surface area contributed by atoms with Crippen molar-refractivity contribution in [3.63, 3.8) is 0 Å². The minimum atomic E-state index is -4.53. The fourth-order valence-corrected chi connectivity index (χ4v) is 4.03. The highest BCUT2D eigenvalue weighted by Crippen LogP contribution is 2.32. The lowest BCUT2D eigenvalue weighted by atomic mass is 10.1. The van der Waals surface area contributed by atoms with Crippen molar-refractivity contribution in [3.05, 3.63) is 89.5 Å². The number of nitrogens with one attached hydrogen (secondary N) is 2. The number of carbonyl (C=O) groups excluding carboxylic acids is 1. The Labute approximate surface area is 197 Å². The molecule has 0 atom stereocenters. The lowest BCUT2D eigenvalue weighted by Crippen LogP contribution is -2.14. The third-order valence-corrected chi connectivity index (χ3v) is 5.67. The van der Waals surface area contributed by atoms with E-state index in [2.05, 4.69) is 25.6 Å². The molecule has 0 bridgehead atoms. The van der Waals surface area contributed by atoms with Crippen LogP contribution in [0, 0.1) is 13.8 Å². The van der Waals surface area contributed by atoms with Crippen LogP contribution >= 0.6 is 0 Å². The predicted molar refractivity (Wildman–Crippen MR) is 125 cm³/mol. The minimum absolute atomic E-state index is 0.0842. The zero-order chi connectivity index (χ0) is 24.7. The summed E-state index contributed by atoms with van der Waals surface area (Å²) >= 11 is 0. The van der Waals surface area contributed by atoms with Crippen LogP contribution < -0.4 is 5.32 Å². The van der Waals surface area contributed by atoms with Gasteiger partial charge in [0, 0.05) is 34.3 Å². The predicted octanol–water partition coefficient (Wildman–Crippen LogP) is 5.67. The van der Waals surface area contributed by atoms with Gasteiger partial charge in [-0.1, -0.05) is 18.2 Å². The Morgan fingerprint density at radius 2 is 1.86 bits per heavy atom. The van der Waals surface area contributed by atoms with Crippen molar-refractivity contribution in [1.29, 1.82) is 0 Å². The van der Waals surface area contributed by atoms with E-state index < -0.39 is 17.6 Å². The van der Waals surface area contributed by atoms with Crippen LogP contribution in [0.5, 0.6) is 0 Å². The maximum atomic E-state index is 13.0. The van der Waals surface area contributed by atoms with Gasteiger partial charge in [-0.25, -0.2) is 9.50 Å². The topological polar surface area (TPSA) is 88.0 Å². The summed E-state index contributed by atoms with van der Waals surface area (Å²) in [5.74, 6) is -0.639. The van der Waals surface area contributed by atoms with Crippen LogP contribution in [-0.4, -0.2) is 30.7 Å². The number of aromatic amines is 1. The van der Waals surface area contributed by atoms with E-state index in [-0.39, 0.29) is 5.56 Å². The average molecular weight is 476 g/mol. The lowest BCUT2D eigenvalue weighted by Gasteiger charge is -2.11. The maximum Gasteiger partial charge on any atom is 0.416 e. The standard InChI is InChI=1S/C25H19F3N6O/c1-14-22(15(2)33-32-14)20-13-30-34-21(9-10-29-23(20)34)16-5-4-8-19(12-16)31-24(35)17-6-3-7-18(11-17)25(26,27)28/h3-13H,1-2H3,(H,31,35)(H,32,33). The molecule has 2 N–H and O–H groups in total. The molecular formula is C25H19F3N6O. The monoisotopic (exact) mass is 476 g/mol. The Bertz CT molecular complexity index is 1550. The third kappa shape index (κ3) is 4.14. The van der Waals surface area contributed by atoms with Crippen molar-refractivity contribution in [2.75, 3.05) is 5.32 Å². The summed E-state index contributed by atoms with van der Waals surface area (Å²) in [7, 11) is 0. The molecule has 3 aromatic heterocycles. The van der Waals surface area contributed by atoms with Crippen LogP contribution in [0.25, 0.3) is 28.0 Å². The molecule has 5 aromatic rings. The number of rotatable bonds is 4. The number of benzene rings is 2. The second-order valence-corrected chi connectivity index (χ2v) is 8.05. The van der Waals surface area contributed by atoms with Gasteiger partial charge in [0.05, 0.1) is 28.7 Å². The van der Waals surface area contributed by atoms with E-state index in [9.17, 15) is 18.0 Å². The highest BCUT2D eigenvalue weighted by atomic mass is 19.4. The Morgan fingerprint density at radius 3 is 2.60 bits per heavy atom. The highest BCUT2D eigenvalue weighted by molar-refractivity contribution is 6.04. The molecule has 176 valence electrons. The van der Waals surface area contributed by atoms with E-state index in [1.54, 1.807) is 41.2 Å². The first-order valence-electron chi connectivity index (χ1n) is 10.7. The van der Waals surface area contributed by atoms with Gasteiger partial charge in [0.2, 0.25) is 0 Å². The highest BCUT2D eigenvalue weighted by Gasteiger charge is 2.31. The van der Waals surface area contributed by atoms with E-state index in [0.29, 0.717) is 11.3 Å². The van der Waals surface area contributed by atoms with Crippen LogP contribution in [0.4, 0.5) is 18.9 Å². The summed E-state index contributed by atoms with van der Waals surface area (Å²) in [6.07, 6.45) is -1.12. The minimum Gasteiger partial charge on any atom is -0.322 e. The Hall–Kier alpha value is -4.47. The first-order valence-corrected chi connectivity index (χ1v) is 10.7. The van der Waals surface area contributed by atoms with E-state index in [0.717, 1.165) is 45.9 Å². The second kappa shape index (κ2) is 8.39. The van der Waals surface area contributed by atoms with Gasteiger partial charge >= 0.3 is 6.18 Å². The summed E-state index contributed by atoms with van der Waals surface area (Å²) in [4.78, 5) is 17.1. The van der Waals surface area contributed by atoms with Crippen LogP contribution in [0.15, 0.2) is 67.0 Å². The molecule has 3 heterocycles. The molecule has 35 heavy (non-hydrogen) atoms. The molecule has 1 amide bonds. The Kier molecular flexibility index (Phi) is 5.35. The van der Waals surface area contributed by atoms with Crippen molar-refractivity contribution in [3.8, 4) is 22.4 Å².